The van der Waals surface area contributed by atoms with Gasteiger partial charge in [0, 0.05) is 46.0 Å². The summed E-state index contributed by atoms with van der Waals surface area (Å²) >= 11 is 0. The molecule has 2 aliphatic heterocycles. The first kappa shape index (κ1) is 42.5. The van der Waals surface area contributed by atoms with Gasteiger partial charge in [0.05, 0.1) is 12.1 Å². The number of aromatic amines is 2. The molecule has 8 rings (SSSR count). The zero-order valence-corrected chi connectivity index (χ0v) is 35.7. The normalized spacial score (nSPS) is 16.7. The summed E-state index contributed by atoms with van der Waals surface area (Å²) in [6.07, 6.45) is -2.08. The molecule has 0 radical (unpaired) electrons. The number of nitrogens with one attached hydrogen (secondary N) is 4. The molecule has 12 heteroatoms. The van der Waals surface area contributed by atoms with Crippen LogP contribution in [0.1, 0.15) is 83.8 Å². The molecule has 4 amide bonds. The van der Waals surface area contributed by atoms with Gasteiger partial charge in [-0.2, -0.15) is 0 Å². The third-order valence-electron chi connectivity index (χ3n) is 12.4. The third-order valence-corrected chi connectivity index (χ3v) is 12.4. The molecule has 12 nitrogen and oxygen atoms in total. The summed E-state index contributed by atoms with van der Waals surface area (Å²) in [5.74, 6) is -1.33. The molecule has 0 fully saturated rings. The summed E-state index contributed by atoms with van der Waals surface area (Å²) in [5, 5.41) is 32.6. The second kappa shape index (κ2) is 18.0. The zero-order chi connectivity index (χ0) is 43.7. The standard InChI is InChI=1S/C50H56N6O6/c1-29(2)23-41(55-27-35-33-19-11-13-21-37(33)51-43(35)49(55)61)47(59)53-39(25-31-15-7-5-8-16-31)45(57)46(58)40(26-32-17-9-6-10-18-32)54-48(60)42(24-30(3)4)56-28-36-34-20-12-14-22-38(34)52-44(36)50(56)62/h5-22,29-30,39-42,45-46,51-52,57-58H,23-28H2,1-4H3,(H,53,59)(H,54,60)/t39-,40-,41-,42?,45+,46+/m0/s1. The minimum atomic E-state index is -1.57. The van der Waals surface area contributed by atoms with Crippen molar-refractivity contribution in [1.29, 1.82) is 0 Å². The van der Waals surface area contributed by atoms with Gasteiger partial charge in [0.15, 0.2) is 0 Å². The number of carbonyl (C=O) groups is 4. The van der Waals surface area contributed by atoms with Crippen LogP contribution >= 0.6 is 0 Å². The Balaban J connectivity index is 1.07. The highest BCUT2D eigenvalue weighted by atomic mass is 16.3. The summed E-state index contributed by atoms with van der Waals surface area (Å²) < 4.78 is 0. The van der Waals surface area contributed by atoms with Crippen LogP contribution in [0.2, 0.25) is 0 Å². The number of aliphatic hydroxyl groups is 2. The Morgan fingerprint density at radius 3 is 1.29 bits per heavy atom. The number of nitrogens with zero attached hydrogens (tertiary/aromatic N) is 2. The summed E-state index contributed by atoms with van der Waals surface area (Å²) in [5.41, 5.74) is 5.97. The minimum Gasteiger partial charge on any atom is -0.388 e. The van der Waals surface area contributed by atoms with Gasteiger partial charge in [0.2, 0.25) is 11.8 Å². The van der Waals surface area contributed by atoms with E-state index >= 15 is 0 Å². The molecule has 1 unspecified atom stereocenters. The first-order valence-electron chi connectivity index (χ1n) is 21.7. The van der Waals surface area contributed by atoms with Crippen LogP contribution in [0.4, 0.5) is 0 Å². The van der Waals surface area contributed by atoms with E-state index in [-0.39, 0.29) is 49.6 Å². The lowest BCUT2D eigenvalue weighted by Gasteiger charge is -2.36. The quantitative estimate of drug-likeness (QED) is 0.0633. The van der Waals surface area contributed by atoms with Crippen molar-refractivity contribution < 1.29 is 29.4 Å². The van der Waals surface area contributed by atoms with E-state index in [2.05, 4.69) is 20.6 Å². The van der Waals surface area contributed by atoms with Crippen molar-refractivity contribution in [3.8, 4) is 0 Å². The Morgan fingerprint density at radius 2 is 0.919 bits per heavy atom. The number of amides is 4. The van der Waals surface area contributed by atoms with Crippen LogP contribution < -0.4 is 10.6 Å². The Bertz CT molecular complexity index is 2390. The van der Waals surface area contributed by atoms with Crippen LogP contribution in [-0.4, -0.2) is 90.0 Å². The van der Waals surface area contributed by atoms with Gasteiger partial charge in [-0.1, -0.05) is 125 Å². The molecule has 0 spiro atoms. The molecule has 6 N–H and O–H groups in total. The van der Waals surface area contributed by atoms with Crippen molar-refractivity contribution in [3.05, 3.63) is 143 Å². The lowest BCUT2D eigenvalue weighted by molar-refractivity contribution is -0.131. The van der Waals surface area contributed by atoms with E-state index in [0.717, 1.165) is 44.1 Å². The molecule has 0 saturated heterocycles. The fourth-order valence-corrected chi connectivity index (χ4v) is 9.30. The summed E-state index contributed by atoms with van der Waals surface area (Å²) in [7, 11) is 0. The summed E-state index contributed by atoms with van der Waals surface area (Å²) in [6, 6.07) is 30.4. The second-order valence-corrected chi connectivity index (χ2v) is 17.8. The monoisotopic (exact) mass is 836 g/mol. The van der Waals surface area contributed by atoms with Crippen molar-refractivity contribution in [3.63, 3.8) is 0 Å². The van der Waals surface area contributed by atoms with Crippen molar-refractivity contribution in [1.82, 2.24) is 30.4 Å². The minimum absolute atomic E-state index is 0.0472. The Morgan fingerprint density at radius 1 is 0.565 bits per heavy atom. The molecular weight excluding hydrogens is 781 g/mol. The maximum atomic E-state index is 14.6. The van der Waals surface area contributed by atoms with Crippen molar-refractivity contribution in [2.45, 2.75) is 103 Å². The average molecular weight is 837 g/mol. The zero-order valence-electron chi connectivity index (χ0n) is 35.7. The number of hydrogen-bond acceptors (Lipinski definition) is 6. The van der Waals surface area contributed by atoms with Gasteiger partial charge >= 0.3 is 0 Å². The first-order valence-corrected chi connectivity index (χ1v) is 21.7. The average Bonchev–Trinajstić information content (AvgIpc) is 4.00. The number of fused-ring (bicyclic) bond motifs is 6. The van der Waals surface area contributed by atoms with E-state index in [0.29, 0.717) is 24.2 Å². The van der Waals surface area contributed by atoms with Crippen molar-refractivity contribution >= 4 is 45.4 Å². The topological polar surface area (TPSA) is 171 Å². The molecule has 6 atom stereocenters. The van der Waals surface area contributed by atoms with Crippen LogP contribution in [-0.2, 0) is 35.5 Å². The van der Waals surface area contributed by atoms with Gasteiger partial charge < -0.3 is 40.6 Å². The predicted molar refractivity (Wildman–Crippen MR) is 239 cm³/mol. The lowest BCUT2D eigenvalue weighted by Crippen LogP contribution is -2.61. The SMILES string of the molecule is CC(C)CC(C(=O)N[C@@H](Cc1ccccc1)[C@@H](O)[C@H](O)[C@H](Cc1ccccc1)NC(=O)[C@H](CC(C)C)N1Cc2c([nH]c3ccccc23)C1=O)N1Cc2c([nH]c3ccccc23)C1=O. The molecule has 322 valence electrons. The molecule has 0 aliphatic carbocycles. The van der Waals surface area contributed by atoms with Crippen LogP contribution in [0.5, 0.6) is 0 Å². The number of para-hydroxylation sites is 2. The van der Waals surface area contributed by atoms with E-state index < -0.39 is 48.2 Å². The number of benzene rings is 4. The van der Waals surface area contributed by atoms with Crippen molar-refractivity contribution in [2.75, 3.05) is 0 Å². The van der Waals surface area contributed by atoms with Gasteiger partial charge in [0.25, 0.3) is 11.8 Å². The summed E-state index contributed by atoms with van der Waals surface area (Å²) in [4.78, 5) is 66.9. The molecule has 0 bridgehead atoms. The molecule has 2 aliphatic rings. The molecule has 0 saturated carbocycles. The number of rotatable bonds is 17. The maximum Gasteiger partial charge on any atom is 0.271 e. The summed E-state index contributed by atoms with van der Waals surface area (Å²) in [6.45, 7) is 8.48. The van der Waals surface area contributed by atoms with Crippen LogP contribution in [0, 0.1) is 11.8 Å². The molecule has 2 aromatic heterocycles. The van der Waals surface area contributed by atoms with Crippen LogP contribution in [0.3, 0.4) is 0 Å². The maximum absolute atomic E-state index is 14.6. The van der Waals surface area contributed by atoms with Crippen LogP contribution in [0.25, 0.3) is 21.8 Å². The van der Waals surface area contributed by atoms with E-state index in [1.54, 1.807) is 9.80 Å². The molecule has 4 aromatic carbocycles. The van der Waals surface area contributed by atoms with Gasteiger partial charge in [-0.25, -0.2) is 0 Å². The Kier molecular flexibility index (Phi) is 12.3. The van der Waals surface area contributed by atoms with Gasteiger partial charge in [-0.3, -0.25) is 19.2 Å². The van der Waals surface area contributed by atoms with Crippen LogP contribution in [0.15, 0.2) is 109 Å². The van der Waals surface area contributed by atoms with Gasteiger partial charge in [0.1, 0.15) is 35.7 Å². The highest BCUT2D eigenvalue weighted by molar-refractivity contribution is 6.06. The van der Waals surface area contributed by atoms with Gasteiger partial charge in [-0.15, -0.1) is 0 Å². The number of carbonyl (C=O) groups excluding carboxylic acids is 4. The highest BCUT2D eigenvalue weighted by Crippen LogP contribution is 2.34. The van der Waals surface area contributed by atoms with E-state index in [4.69, 9.17) is 0 Å². The number of hydrogen-bond donors (Lipinski definition) is 6. The molecular formula is C50H56N6O6. The first-order chi connectivity index (χ1) is 29.9. The third kappa shape index (κ3) is 8.62. The highest BCUT2D eigenvalue weighted by Gasteiger charge is 2.43. The lowest BCUT2D eigenvalue weighted by atomic mass is 9.90. The Labute approximate surface area is 361 Å². The van der Waals surface area contributed by atoms with E-state index in [1.165, 1.54) is 0 Å². The largest absolute Gasteiger partial charge is 0.388 e. The number of H-pyrrole nitrogens is 2. The Hall–Kier alpha value is -6.24. The number of aromatic nitrogens is 2. The predicted octanol–water partition coefficient (Wildman–Crippen LogP) is 6.27. The van der Waals surface area contributed by atoms with E-state index in [1.807, 2.05) is 137 Å². The van der Waals surface area contributed by atoms with Gasteiger partial charge in [-0.05, 0) is 60.8 Å². The van der Waals surface area contributed by atoms with E-state index in [9.17, 15) is 29.4 Å². The molecule has 6 aromatic rings. The van der Waals surface area contributed by atoms with Crippen molar-refractivity contribution in [2.24, 2.45) is 11.8 Å². The second-order valence-electron chi connectivity index (χ2n) is 17.8. The molecule has 4 heterocycles. The smallest absolute Gasteiger partial charge is 0.271 e. The molecule has 62 heavy (non-hydrogen) atoms. The fraction of sp³-hybridized carbons (Fsp3) is 0.360. The number of aliphatic hydroxyl groups excluding tert-OH is 2. The fourth-order valence-electron chi connectivity index (χ4n) is 9.30.